The Morgan fingerprint density at radius 3 is 2.82 bits per heavy atom. The highest BCUT2D eigenvalue weighted by Gasteiger charge is 2.24. The minimum Gasteiger partial charge on any atom is -0.399 e. The van der Waals surface area contributed by atoms with E-state index >= 15 is 0 Å². The number of hydrogen-bond acceptors (Lipinski definition) is 4. The number of hydrogen-bond donors (Lipinski definition) is 2. The molecule has 0 radical (unpaired) electrons. The van der Waals surface area contributed by atoms with Crippen LogP contribution in [0, 0.1) is 6.92 Å². The van der Waals surface area contributed by atoms with Gasteiger partial charge in [-0.25, -0.2) is 8.42 Å². The van der Waals surface area contributed by atoms with Gasteiger partial charge in [0.05, 0.1) is 11.5 Å². The molecule has 94 valence electrons. The molecule has 3 N–H and O–H groups in total. The minimum atomic E-state index is -2.86. The standard InChI is InChI=1S/C12H18N2O2S/c1-9-7-10(13)4-5-12(9)14-11-3-2-6-17(15,16)8-11/h4-5,7,11,14H,2-3,6,8,13H2,1H3. The molecule has 1 aliphatic heterocycles. The zero-order valence-corrected chi connectivity index (χ0v) is 10.8. The first-order valence-electron chi connectivity index (χ1n) is 5.79. The molecule has 1 atom stereocenters. The Bertz CT molecular complexity index is 511. The van der Waals surface area contributed by atoms with Gasteiger partial charge in [-0.1, -0.05) is 0 Å². The largest absolute Gasteiger partial charge is 0.399 e. The summed E-state index contributed by atoms with van der Waals surface area (Å²) in [6, 6.07) is 5.65. The van der Waals surface area contributed by atoms with Crippen LogP contribution in [0.5, 0.6) is 0 Å². The lowest BCUT2D eigenvalue weighted by Gasteiger charge is -2.24. The van der Waals surface area contributed by atoms with E-state index in [-0.39, 0.29) is 11.8 Å². The first-order chi connectivity index (χ1) is 7.96. The van der Waals surface area contributed by atoms with Crippen molar-refractivity contribution in [2.75, 3.05) is 22.6 Å². The summed E-state index contributed by atoms with van der Waals surface area (Å²) in [6.45, 7) is 1.97. The zero-order chi connectivity index (χ0) is 12.5. The van der Waals surface area contributed by atoms with Crippen molar-refractivity contribution in [3.05, 3.63) is 23.8 Å². The lowest BCUT2D eigenvalue weighted by molar-refractivity contribution is 0.562. The Balaban J connectivity index is 2.10. The van der Waals surface area contributed by atoms with Crippen LogP contribution in [0.4, 0.5) is 11.4 Å². The predicted octanol–water partition coefficient (Wildman–Crippen LogP) is 1.57. The fourth-order valence-corrected chi connectivity index (χ4v) is 3.84. The maximum Gasteiger partial charge on any atom is 0.152 e. The van der Waals surface area contributed by atoms with Crippen LogP contribution in [-0.2, 0) is 9.84 Å². The van der Waals surface area contributed by atoms with Gasteiger partial charge < -0.3 is 11.1 Å². The molecular formula is C12H18N2O2S. The summed E-state index contributed by atoms with van der Waals surface area (Å²) in [5.74, 6) is 0.558. The summed E-state index contributed by atoms with van der Waals surface area (Å²) in [7, 11) is -2.86. The molecule has 0 spiro atoms. The number of rotatable bonds is 2. The third-order valence-corrected chi connectivity index (χ3v) is 4.89. The van der Waals surface area contributed by atoms with Gasteiger partial charge in [-0.3, -0.25) is 0 Å². The van der Waals surface area contributed by atoms with Gasteiger partial charge in [0.2, 0.25) is 0 Å². The van der Waals surface area contributed by atoms with Gasteiger partial charge in [0, 0.05) is 17.4 Å². The van der Waals surface area contributed by atoms with Crippen molar-refractivity contribution in [2.24, 2.45) is 0 Å². The molecule has 1 unspecified atom stereocenters. The molecule has 5 heteroatoms. The molecule has 0 bridgehead atoms. The lowest BCUT2D eigenvalue weighted by Crippen LogP contribution is -2.34. The maximum atomic E-state index is 11.5. The second kappa shape index (κ2) is 4.56. The molecule has 2 rings (SSSR count). The highest BCUT2D eigenvalue weighted by atomic mass is 32.2. The Labute approximate surface area is 102 Å². The molecule has 1 aliphatic rings. The molecule has 0 aliphatic carbocycles. The van der Waals surface area contributed by atoms with Gasteiger partial charge >= 0.3 is 0 Å². The van der Waals surface area contributed by atoms with Crippen LogP contribution in [0.1, 0.15) is 18.4 Å². The monoisotopic (exact) mass is 254 g/mol. The quantitative estimate of drug-likeness (QED) is 0.786. The van der Waals surface area contributed by atoms with Crippen LogP contribution >= 0.6 is 0 Å². The lowest BCUT2D eigenvalue weighted by atomic mass is 10.1. The topological polar surface area (TPSA) is 72.2 Å². The van der Waals surface area contributed by atoms with Gasteiger partial charge in [-0.2, -0.15) is 0 Å². The van der Waals surface area contributed by atoms with E-state index in [0.29, 0.717) is 5.75 Å². The van der Waals surface area contributed by atoms with Crippen molar-refractivity contribution >= 4 is 21.2 Å². The molecule has 0 amide bonds. The number of aryl methyl sites for hydroxylation is 1. The number of sulfone groups is 1. The summed E-state index contributed by atoms with van der Waals surface area (Å²) < 4.78 is 23.1. The van der Waals surface area contributed by atoms with Crippen LogP contribution < -0.4 is 11.1 Å². The van der Waals surface area contributed by atoms with Gasteiger partial charge in [0.25, 0.3) is 0 Å². The van der Waals surface area contributed by atoms with Crippen LogP contribution in [0.15, 0.2) is 18.2 Å². The molecule has 1 heterocycles. The molecule has 1 saturated heterocycles. The van der Waals surface area contributed by atoms with E-state index in [9.17, 15) is 8.42 Å². The van der Waals surface area contributed by atoms with Gasteiger partial charge in [0.1, 0.15) is 0 Å². The summed E-state index contributed by atoms with van der Waals surface area (Å²) in [6.07, 6.45) is 1.65. The third-order valence-electron chi connectivity index (χ3n) is 3.07. The number of nitrogens with one attached hydrogen (secondary N) is 1. The Hall–Kier alpha value is -1.23. The van der Waals surface area contributed by atoms with Gasteiger partial charge in [-0.15, -0.1) is 0 Å². The van der Waals surface area contributed by atoms with Crippen molar-refractivity contribution < 1.29 is 8.42 Å². The summed E-state index contributed by atoms with van der Waals surface area (Å²) in [5.41, 5.74) is 8.43. The Kier molecular flexibility index (Phi) is 3.28. The fourth-order valence-electron chi connectivity index (χ4n) is 2.21. The number of nitrogen functional groups attached to an aromatic ring is 1. The molecule has 0 aromatic heterocycles. The zero-order valence-electron chi connectivity index (χ0n) is 9.94. The third kappa shape index (κ3) is 3.12. The van der Waals surface area contributed by atoms with E-state index in [1.54, 1.807) is 0 Å². The summed E-state index contributed by atoms with van der Waals surface area (Å²) in [4.78, 5) is 0. The SMILES string of the molecule is Cc1cc(N)ccc1NC1CCCS(=O)(=O)C1. The van der Waals surface area contributed by atoms with E-state index in [0.717, 1.165) is 29.8 Å². The van der Waals surface area contributed by atoms with E-state index < -0.39 is 9.84 Å². The maximum absolute atomic E-state index is 11.5. The normalized spacial score (nSPS) is 23.2. The van der Waals surface area contributed by atoms with E-state index in [1.165, 1.54) is 0 Å². The van der Waals surface area contributed by atoms with Gasteiger partial charge in [-0.05, 0) is 43.5 Å². The molecule has 1 fully saturated rings. The average molecular weight is 254 g/mol. The molecule has 0 saturated carbocycles. The molecule has 1 aromatic carbocycles. The smallest absolute Gasteiger partial charge is 0.152 e. The van der Waals surface area contributed by atoms with E-state index in [2.05, 4.69) is 5.32 Å². The van der Waals surface area contributed by atoms with Crippen LogP contribution in [0.2, 0.25) is 0 Å². The first kappa shape index (κ1) is 12.2. The molecule has 17 heavy (non-hydrogen) atoms. The van der Waals surface area contributed by atoms with Crippen molar-refractivity contribution in [2.45, 2.75) is 25.8 Å². The van der Waals surface area contributed by atoms with Crippen molar-refractivity contribution in [1.82, 2.24) is 0 Å². The van der Waals surface area contributed by atoms with Crippen LogP contribution in [-0.4, -0.2) is 26.0 Å². The second-order valence-electron chi connectivity index (χ2n) is 4.67. The second-order valence-corrected chi connectivity index (χ2v) is 6.90. The van der Waals surface area contributed by atoms with Crippen LogP contribution in [0.3, 0.4) is 0 Å². The predicted molar refractivity (Wildman–Crippen MR) is 70.9 cm³/mol. The molecular weight excluding hydrogens is 236 g/mol. The van der Waals surface area contributed by atoms with Crippen molar-refractivity contribution in [1.29, 1.82) is 0 Å². The van der Waals surface area contributed by atoms with Crippen molar-refractivity contribution in [3.8, 4) is 0 Å². The van der Waals surface area contributed by atoms with Crippen LogP contribution in [0.25, 0.3) is 0 Å². The highest BCUT2D eigenvalue weighted by molar-refractivity contribution is 7.91. The highest BCUT2D eigenvalue weighted by Crippen LogP contribution is 2.22. The summed E-state index contributed by atoms with van der Waals surface area (Å²) >= 11 is 0. The summed E-state index contributed by atoms with van der Waals surface area (Å²) in [5, 5.41) is 3.30. The fraction of sp³-hybridized carbons (Fsp3) is 0.500. The molecule has 1 aromatic rings. The number of nitrogens with two attached hydrogens (primary N) is 1. The minimum absolute atomic E-state index is 0.0241. The Morgan fingerprint density at radius 1 is 1.41 bits per heavy atom. The van der Waals surface area contributed by atoms with Crippen molar-refractivity contribution in [3.63, 3.8) is 0 Å². The van der Waals surface area contributed by atoms with Gasteiger partial charge in [0.15, 0.2) is 9.84 Å². The number of anilines is 2. The average Bonchev–Trinajstić information content (AvgIpc) is 2.21. The Morgan fingerprint density at radius 2 is 2.18 bits per heavy atom. The van der Waals surface area contributed by atoms with E-state index in [1.807, 2.05) is 25.1 Å². The number of benzene rings is 1. The van der Waals surface area contributed by atoms with E-state index in [4.69, 9.17) is 5.73 Å². The molecule has 4 nitrogen and oxygen atoms in total. The first-order valence-corrected chi connectivity index (χ1v) is 7.61.